The predicted molar refractivity (Wildman–Crippen MR) is 86.9 cm³/mol. The number of esters is 1. The second kappa shape index (κ2) is 7.54. The van der Waals surface area contributed by atoms with E-state index < -0.39 is 4.92 Å². The van der Waals surface area contributed by atoms with Crippen molar-refractivity contribution in [2.75, 3.05) is 5.32 Å². The Bertz CT molecular complexity index is 626. The Kier molecular flexibility index (Phi) is 5.70. The highest BCUT2D eigenvalue weighted by molar-refractivity contribution is 9.10. The number of nitrogens with one attached hydrogen (secondary N) is 1. The first-order chi connectivity index (χ1) is 10.9. The van der Waals surface area contributed by atoms with Gasteiger partial charge in [0.15, 0.2) is 0 Å². The van der Waals surface area contributed by atoms with Gasteiger partial charge in [0.1, 0.15) is 11.8 Å². The highest BCUT2D eigenvalue weighted by Crippen LogP contribution is 2.31. The SMILES string of the molecule is CC(=O)O[C@H]1CC[C@H](C(=O)Nc2ccc(Br)cc2[N+](=O)[O-])CC1. The van der Waals surface area contributed by atoms with Gasteiger partial charge in [0.2, 0.25) is 5.91 Å². The molecule has 0 bridgehead atoms. The normalized spacial score (nSPS) is 20.6. The minimum atomic E-state index is -0.530. The van der Waals surface area contributed by atoms with Crippen molar-refractivity contribution >= 4 is 39.2 Å². The summed E-state index contributed by atoms with van der Waals surface area (Å²) in [5, 5.41) is 13.7. The van der Waals surface area contributed by atoms with Crippen LogP contribution in [0, 0.1) is 16.0 Å². The summed E-state index contributed by atoms with van der Waals surface area (Å²) in [5.74, 6) is -0.787. The maximum absolute atomic E-state index is 12.3. The molecule has 1 N–H and O–H groups in total. The molecule has 1 amide bonds. The zero-order chi connectivity index (χ0) is 17.0. The number of rotatable bonds is 4. The van der Waals surface area contributed by atoms with Crippen LogP contribution < -0.4 is 5.32 Å². The van der Waals surface area contributed by atoms with Gasteiger partial charge < -0.3 is 10.1 Å². The lowest BCUT2D eigenvalue weighted by atomic mass is 9.86. The van der Waals surface area contributed by atoms with E-state index >= 15 is 0 Å². The van der Waals surface area contributed by atoms with Crippen LogP contribution in [0.15, 0.2) is 22.7 Å². The van der Waals surface area contributed by atoms with Crippen molar-refractivity contribution in [3.8, 4) is 0 Å². The van der Waals surface area contributed by atoms with Crippen LogP contribution >= 0.6 is 15.9 Å². The molecule has 1 aromatic rings. The number of nitrogens with zero attached hydrogens (tertiary/aromatic N) is 1. The molecule has 1 fully saturated rings. The Balaban J connectivity index is 1.98. The number of hydrogen-bond acceptors (Lipinski definition) is 5. The number of nitro groups is 1. The zero-order valence-electron chi connectivity index (χ0n) is 12.6. The van der Waals surface area contributed by atoms with Gasteiger partial charge in [-0.15, -0.1) is 0 Å². The summed E-state index contributed by atoms with van der Waals surface area (Å²) < 4.78 is 5.71. The second-order valence-corrected chi connectivity index (χ2v) is 6.41. The molecule has 0 aliphatic heterocycles. The number of benzene rings is 1. The van der Waals surface area contributed by atoms with Crippen LogP contribution in [-0.2, 0) is 14.3 Å². The van der Waals surface area contributed by atoms with E-state index in [1.54, 1.807) is 6.07 Å². The van der Waals surface area contributed by atoms with Crippen molar-refractivity contribution in [2.24, 2.45) is 5.92 Å². The van der Waals surface area contributed by atoms with E-state index in [1.165, 1.54) is 19.1 Å². The molecule has 0 heterocycles. The van der Waals surface area contributed by atoms with Crippen LogP contribution in [0.25, 0.3) is 0 Å². The largest absolute Gasteiger partial charge is 0.463 e. The van der Waals surface area contributed by atoms with E-state index in [2.05, 4.69) is 21.2 Å². The fourth-order valence-electron chi connectivity index (χ4n) is 2.67. The summed E-state index contributed by atoms with van der Waals surface area (Å²) in [5.41, 5.74) is 0.0339. The standard InChI is InChI=1S/C15H17BrN2O5/c1-9(19)23-12-5-2-10(3-6-12)15(20)17-13-7-4-11(16)8-14(13)18(21)22/h4,7-8,10,12H,2-3,5-6H2,1H3,(H,17,20)/t10-,12-. The number of ether oxygens (including phenoxy) is 1. The number of nitro benzene ring substituents is 1. The lowest BCUT2D eigenvalue weighted by Gasteiger charge is -2.27. The maximum atomic E-state index is 12.3. The molecule has 1 aromatic carbocycles. The van der Waals surface area contributed by atoms with Crippen molar-refractivity contribution in [1.82, 2.24) is 0 Å². The van der Waals surface area contributed by atoms with E-state index in [1.807, 2.05) is 0 Å². The average Bonchev–Trinajstić information content (AvgIpc) is 2.49. The molecule has 7 nitrogen and oxygen atoms in total. The maximum Gasteiger partial charge on any atom is 0.302 e. The molecular weight excluding hydrogens is 368 g/mol. The van der Waals surface area contributed by atoms with Crippen molar-refractivity contribution < 1.29 is 19.2 Å². The van der Waals surface area contributed by atoms with E-state index in [4.69, 9.17) is 4.74 Å². The number of anilines is 1. The summed E-state index contributed by atoms with van der Waals surface area (Å²) in [7, 11) is 0. The third kappa shape index (κ3) is 4.75. The van der Waals surface area contributed by atoms with Crippen LogP contribution in [0.2, 0.25) is 0 Å². The summed E-state index contributed by atoms with van der Waals surface area (Å²) in [4.78, 5) is 33.8. The lowest BCUT2D eigenvalue weighted by molar-refractivity contribution is -0.384. The Hall–Kier alpha value is -1.96. The molecule has 8 heteroatoms. The highest BCUT2D eigenvalue weighted by Gasteiger charge is 2.29. The lowest BCUT2D eigenvalue weighted by Crippen LogP contribution is -2.30. The van der Waals surface area contributed by atoms with Gasteiger partial charge in [0, 0.05) is 23.4 Å². The molecule has 0 radical (unpaired) electrons. The molecule has 2 rings (SSSR count). The predicted octanol–water partition coefficient (Wildman–Crippen LogP) is 3.42. The molecular formula is C15H17BrN2O5. The Labute approximate surface area is 141 Å². The van der Waals surface area contributed by atoms with Gasteiger partial charge in [-0.1, -0.05) is 15.9 Å². The number of amides is 1. The van der Waals surface area contributed by atoms with Crippen LogP contribution in [0.3, 0.4) is 0 Å². The average molecular weight is 385 g/mol. The van der Waals surface area contributed by atoms with Crippen molar-refractivity contribution in [2.45, 2.75) is 38.7 Å². The van der Waals surface area contributed by atoms with Gasteiger partial charge >= 0.3 is 5.97 Å². The molecule has 124 valence electrons. The van der Waals surface area contributed by atoms with E-state index in [0.29, 0.717) is 30.2 Å². The van der Waals surface area contributed by atoms with E-state index in [0.717, 1.165) is 0 Å². The second-order valence-electron chi connectivity index (χ2n) is 5.49. The van der Waals surface area contributed by atoms with Gasteiger partial charge in [-0.3, -0.25) is 19.7 Å². The number of halogens is 1. The minimum absolute atomic E-state index is 0.140. The molecule has 1 aliphatic carbocycles. The molecule has 0 spiro atoms. The van der Waals surface area contributed by atoms with Crippen molar-refractivity contribution in [3.63, 3.8) is 0 Å². The Morgan fingerprint density at radius 2 is 1.96 bits per heavy atom. The van der Waals surface area contributed by atoms with E-state index in [9.17, 15) is 19.7 Å². The molecule has 1 aliphatic rings. The van der Waals surface area contributed by atoms with Gasteiger partial charge in [-0.25, -0.2) is 0 Å². The fraction of sp³-hybridized carbons (Fsp3) is 0.467. The van der Waals surface area contributed by atoms with Crippen LogP contribution in [0.4, 0.5) is 11.4 Å². The smallest absolute Gasteiger partial charge is 0.302 e. The summed E-state index contributed by atoms with van der Waals surface area (Å²) in [6.07, 6.45) is 2.29. The summed E-state index contributed by atoms with van der Waals surface area (Å²) in [6, 6.07) is 4.50. The Morgan fingerprint density at radius 1 is 1.30 bits per heavy atom. The molecule has 1 saturated carbocycles. The quantitative estimate of drug-likeness (QED) is 0.487. The number of hydrogen-bond donors (Lipinski definition) is 1. The number of carbonyl (C=O) groups is 2. The Morgan fingerprint density at radius 3 is 2.52 bits per heavy atom. The summed E-state index contributed by atoms with van der Waals surface area (Å²) in [6.45, 7) is 1.37. The first kappa shape index (κ1) is 17.4. The molecule has 0 aromatic heterocycles. The van der Waals surface area contributed by atoms with E-state index in [-0.39, 0.29) is 35.3 Å². The zero-order valence-corrected chi connectivity index (χ0v) is 14.2. The van der Waals surface area contributed by atoms with Crippen molar-refractivity contribution in [1.29, 1.82) is 0 Å². The molecule has 0 saturated heterocycles. The first-order valence-electron chi connectivity index (χ1n) is 7.29. The van der Waals surface area contributed by atoms with Gasteiger partial charge in [-0.05, 0) is 37.8 Å². The third-order valence-corrected chi connectivity index (χ3v) is 4.29. The molecule has 0 atom stereocenters. The van der Waals surface area contributed by atoms with Crippen LogP contribution in [0.1, 0.15) is 32.6 Å². The highest BCUT2D eigenvalue weighted by atomic mass is 79.9. The summed E-state index contributed by atoms with van der Waals surface area (Å²) >= 11 is 3.18. The molecule has 23 heavy (non-hydrogen) atoms. The van der Waals surface area contributed by atoms with Gasteiger partial charge in [-0.2, -0.15) is 0 Å². The van der Waals surface area contributed by atoms with Crippen molar-refractivity contribution in [3.05, 3.63) is 32.8 Å². The van der Waals surface area contributed by atoms with Gasteiger partial charge in [0.25, 0.3) is 5.69 Å². The third-order valence-electron chi connectivity index (χ3n) is 3.79. The number of carbonyl (C=O) groups excluding carboxylic acids is 2. The monoisotopic (exact) mass is 384 g/mol. The first-order valence-corrected chi connectivity index (χ1v) is 8.08. The fourth-order valence-corrected chi connectivity index (χ4v) is 3.02. The van der Waals surface area contributed by atoms with Gasteiger partial charge in [0.05, 0.1) is 4.92 Å². The minimum Gasteiger partial charge on any atom is -0.463 e. The van der Waals surface area contributed by atoms with Crippen LogP contribution in [-0.4, -0.2) is 22.9 Å². The van der Waals surface area contributed by atoms with Crippen LogP contribution in [0.5, 0.6) is 0 Å². The topological polar surface area (TPSA) is 98.5 Å². The molecule has 0 unspecified atom stereocenters.